The number of carbonyl (C=O) groups is 3. The van der Waals surface area contributed by atoms with Crippen molar-refractivity contribution in [2.24, 2.45) is 0 Å². The average molecular weight is 448 g/mol. The summed E-state index contributed by atoms with van der Waals surface area (Å²) in [6.07, 6.45) is 1.18. The molecule has 1 aliphatic rings. The second kappa shape index (κ2) is 10.0. The summed E-state index contributed by atoms with van der Waals surface area (Å²) in [7, 11) is 0. The van der Waals surface area contributed by atoms with Gasteiger partial charge in [0.2, 0.25) is 11.7 Å². The van der Waals surface area contributed by atoms with Gasteiger partial charge < -0.3 is 19.2 Å². The SMILES string of the molecule is CC[C@@H]1Oc2ccc(C(=O)c3ccco3)cc2N(CC(=O)NCCOc2ccccc2)C1=O. The van der Waals surface area contributed by atoms with Crippen LogP contribution in [0.4, 0.5) is 5.69 Å². The standard InChI is InChI=1S/C25H24N2O6/c1-2-20-25(30)27(16-23(28)26-12-14-31-18-7-4-3-5-8-18)19-15-17(10-11-21(19)33-20)24(29)22-9-6-13-32-22/h3-11,13,15,20H,2,12,14,16H2,1H3,(H,26,28)/t20-/m0/s1. The van der Waals surface area contributed by atoms with Gasteiger partial charge in [-0.05, 0) is 48.9 Å². The van der Waals surface area contributed by atoms with E-state index in [1.54, 1.807) is 30.3 Å². The molecule has 0 saturated heterocycles. The van der Waals surface area contributed by atoms with Gasteiger partial charge in [0.25, 0.3) is 5.91 Å². The topological polar surface area (TPSA) is 98.1 Å². The van der Waals surface area contributed by atoms with E-state index in [4.69, 9.17) is 13.9 Å². The van der Waals surface area contributed by atoms with E-state index in [9.17, 15) is 14.4 Å². The van der Waals surface area contributed by atoms with Crippen molar-refractivity contribution in [1.82, 2.24) is 5.32 Å². The fraction of sp³-hybridized carbons (Fsp3) is 0.240. The van der Waals surface area contributed by atoms with Crippen LogP contribution in [0.1, 0.15) is 29.5 Å². The second-order valence-electron chi connectivity index (χ2n) is 7.44. The molecule has 0 radical (unpaired) electrons. The van der Waals surface area contributed by atoms with Gasteiger partial charge >= 0.3 is 0 Å². The molecule has 4 rings (SSSR count). The summed E-state index contributed by atoms with van der Waals surface area (Å²) in [5.74, 6) is 0.345. The van der Waals surface area contributed by atoms with E-state index in [-0.39, 0.29) is 36.4 Å². The largest absolute Gasteiger partial charge is 0.492 e. The van der Waals surface area contributed by atoms with Crippen molar-refractivity contribution in [3.63, 3.8) is 0 Å². The number of furan rings is 1. The fourth-order valence-corrected chi connectivity index (χ4v) is 3.51. The van der Waals surface area contributed by atoms with Crippen LogP contribution in [0.15, 0.2) is 71.3 Å². The lowest BCUT2D eigenvalue weighted by Gasteiger charge is -2.34. The van der Waals surface area contributed by atoms with Crippen LogP contribution in [-0.2, 0) is 9.59 Å². The molecular formula is C25H24N2O6. The van der Waals surface area contributed by atoms with Gasteiger partial charge in [0.05, 0.1) is 18.5 Å². The van der Waals surface area contributed by atoms with Crippen molar-refractivity contribution >= 4 is 23.3 Å². The molecular weight excluding hydrogens is 424 g/mol. The molecule has 8 heteroatoms. The highest BCUT2D eigenvalue weighted by atomic mass is 16.5. The molecule has 2 heterocycles. The Hall–Kier alpha value is -4.07. The van der Waals surface area contributed by atoms with Gasteiger partial charge in [0, 0.05) is 5.56 Å². The van der Waals surface area contributed by atoms with Gasteiger partial charge in [-0.3, -0.25) is 19.3 Å². The average Bonchev–Trinajstić information content (AvgIpc) is 3.38. The zero-order valence-electron chi connectivity index (χ0n) is 18.2. The number of hydrogen-bond donors (Lipinski definition) is 1. The van der Waals surface area contributed by atoms with Crippen LogP contribution in [0.3, 0.4) is 0 Å². The van der Waals surface area contributed by atoms with E-state index in [1.807, 2.05) is 37.3 Å². The lowest BCUT2D eigenvalue weighted by atomic mass is 10.0. The Morgan fingerprint density at radius 3 is 2.64 bits per heavy atom. The minimum atomic E-state index is -0.696. The number of ether oxygens (including phenoxy) is 2. The first-order valence-electron chi connectivity index (χ1n) is 10.7. The van der Waals surface area contributed by atoms with Crippen molar-refractivity contribution in [3.8, 4) is 11.5 Å². The highest BCUT2D eigenvalue weighted by Crippen LogP contribution is 2.36. The Morgan fingerprint density at radius 1 is 1.09 bits per heavy atom. The van der Waals surface area contributed by atoms with E-state index in [1.165, 1.54) is 11.2 Å². The summed E-state index contributed by atoms with van der Waals surface area (Å²) in [5.41, 5.74) is 0.703. The van der Waals surface area contributed by atoms with Crippen molar-refractivity contribution in [3.05, 3.63) is 78.3 Å². The summed E-state index contributed by atoms with van der Waals surface area (Å²) < 4.78 is 16.6. The van der Waals surface area contributed by atoms with E-state index in [0.29, 0.717) is 35.8 Å². The zero-order chi connectivity index (χ0) is 23.2. The number of ketones is 1. The van der Waals surface area contributed by atoms with Gasteiger partial charge in [-0.25, -0.2) is 0 Å². The van der Waals surface area contributed by atoms with E-state index in [2.05, 4.69) is 5.32 Å². The predicted molar refractivity (Wildman–Crippen MR) is 121 cm³/mol. The molecule has 1 aliphatic heterocycles. The number of para-hydroxylation sites is 1. The number of nitrogens with one attached hydrogen (secondary N) is 1. The molecule has 2 amide bonds. The molecule has 0 bridgehead atoms. The lowest BCUT2D eigenvalue weighted by Crippen LogP contribution is -2.50. The van der Waals surface area contributed by atoms with Crippen LogP contribution in [0, 0.1) is 0 Å². The summed E-state index contributed by atoms with van der Waals surface area (Å²) in [6.45, 7) is 2.22. The lowest BCUT2D eigenvalue weighted by molar-refractivity contribution is -0.129. The number of carbonyl (C=O) groups excluding carboxylic acids is 3. The number of nitrogens with zero attached hydrogens (tertiary/aromatic N) is 1. The number of anilines is 1. The van der Waals surface area contributed by atoms with Crippen LogP contribution in [0.25, 0.3) is 0 Å². The molecule has 1 aromatic heterocycles. The smallest absolute Gasteiger partial charge is 0.268 e. The van der Waals surface area contributed by atoms with Gasteiger partial charge in [0.1, 0.15) is 24.7 Å². The number of hydrogen-bond acceptors (Lipinski definition) is 6. The summed E-state index contributed by atoms with van der Waals surface area (Å²) >= 11 is 0. The Morgan fingerprint density at radius 2 is 1.91 bits per heavy atom. The van der Waals surface area contributed by atoms with Crippen LogP contribution in [0.2, 0.25) is 0 Å². The Bertz CT molecular complexity index is 1130. The molecule has 1 atom stereocenters. The molecule has 1 N–H and O–H groups in total. The third-order valence-electron chi connectivity index (χ3n) is 5.18. The van der Waals surface area contributed by atoms with Crippen molar-refractivity contribution in [2.75, 3.05) is 24.6 Å². The van der Waals surface area contributed by atoms with Crippen LogP contribution < -0.4 is 19.7 Å². The van der Waals surface area contributed by atoms with E-state index < -0.39 is 6.10 Å². The maximum absolute atomic E-state index is 13.0. The van der Waals surface area contributed by atoms with Gasteiger partial charge in [-0.2, -0.15) is 0 Å². The molecule has 3 aromatic rings. The van der Waals surface area contributed by atoms with E-state index in [0.717, 1.165) is 0 Å². The minimum Gasteiger partial charge on any atom is -0.492 e. The van der Waals surface area contributed by atoms with Crippen molar-refractivity contribution in [2.45, 2.75) is 19.4 Å². The first kappa shape index (κ1) is 22.1. The first-order chi connectivity index (χ1) is 16.1. The van der Waals surface area contributed by atoms with Gasteiger partial charge in [-0.15, -0.1) is 0 Å². The predicted octanol–water partition coefficient (Wildman–Crippen LogP) is 3.21. The molecule has 170 valence electrons. The van der Waals surface area contributed by atoms with Crippen LogP contribution in [0.5, 0.6) is 11.5 Å². The minimum absolute atomic E-state index is 0.187. The molecule has 0 unspecified atom stereocenters. The Kier molecular flexibility index (Phi) is 6.73. The van der Waals surface area contributed by atoms with Gasteiger partial charge in [0.15, 0.2) is 11.9 Å². The number of rotatable bonds is 9. The Balaban J connectivity index is 1.46. The third kappa shape index (κ3) is 5.06. The van der Waals surface area contributed by atoms with Crippen LogP contribution >= 0.6 is 0 Å². The number of fused-ring (bicyclic) bond motifs is 1. The zero-order valence-corrected chi connectivity index (χ0v) is 18.2. The van der Waals surface area contributed by atoms with E-state index >= 15 is 0 Å². The maximum Gasteiger partial charge on any atom is 0.268 e. The van der Waals surface area contributed by atoms with Crippen molar-refractivity contribution in [1.29, 1.82) is 0 Å². The normalized spacial score (nSPS) is 14.9. The first-order valence-corrected chi connectivity index (χ1v) is 10.7. The molecule has 2 aromatic carbocycles. The quantitative estimate of drug-likeness (QED) is 0.399. The molecule has 0 fully saturated rings. The summed E-state index contributed by atoms with van der Waals surface area (Å²) in [6, 6.07) is 17.3. The second-order valence-corrected chi connectivity index (χ2v) is 7.44. The molecule has 0 saturated carbocycles. The fourth-order valence-electron chi connectivity index (χ4n) is 3.51. The third-order valence-corrected chi connectivity index (χ3v) is 5.18. The monoisotopic (exact) mass is 448 g/mol. The van der Waals surface area contributed by atoms with Crippen LogP contribution in [-0.4, -0.2) is 43.4 Å². The van der Waals surface area contributed by atoms with Crippen molar-refractivity contribution < 1.29 is 28.3 Å². The number of benzene rings is 2. The highest BCUT2D eigenvalue weighted by Gasteiger charge is 2.35. The molecule has 33 heavy (non-hydrogen) atoms. The Labute approximate surface area is 191 Å². The summed E-state index contributed by atoms with van der Waals surface area (Å²) in [4.78, 5) is 39.6. The summed E-state index contributed by atoms with van der Waals surface area (Å²) in [5, 5.41) is 2.76. The maximum atomic E-state index is 13.0. The highest BCUT2D eigenvalue weighted by molar-refractivity contribution is 6.10. The molecule has 0 aliphatic carbocycles. The molecule has 0 spiro atoms. The van der Waals surface area contributed by atoms with Gasteiger partial charge in [-0.1, -0.05) is 25.1 Å². The molecule has 8 nitrogen and oxygen atoms in total. The number of amides is 2.